The molecule has 88 valence electrons. The number of aromatic nitrogens is 1. The third kappa shape index (κ3) is 4.23. The predicted octanol–water partition coefficient (Wildman–Crippen LogP) is 2.92. The lowest BCUT2D eigenvalue weighted by atomic mass is 9.87. The summed E-state index contributed by atoms with van der Waals surface area (Å²) in [5, 5.41) is 8.51. The number of pyridine rings is 1. The van der Waals surface area contributed by atoms with Gasteiger partial charge in [0.05, 0.1) is 10.9 Å². The smallest absolute Gasteiger partial charge is 0.0963 e. The zero-order valence-electron chi connectivity index (χ0n) is 9.86. The van der Waals surface area contributed by atoms with Gasteiger partial charge in [-0.3, -0.25) is 5.41 Å². The first-order valence-electron chi connectivity index (χ1n) is 5.41. The molecule has 1 aromatic rings. The normalized spacial score (nSPS) is 11.4. The maximum atomic E-state index is 7.46. The summed E-state index contributed by atoms with van der Waals surface area (Å²) in [6, 6.07) is 5.93. The second-order valence-electron chi connectivity index (χ2n) is 4.42. The van der Waals surface area contributed by atoms with Crippen molar-refractivity contribution < 1.29 is 0 Å². The molecule has 0 aromatic carbocycles. The Bertz CT molecular complexity index is 335. The number of nitrogens with one attached hydrogen (secondary N) is 1. The maximum Gasteiger partial charge on any atom is 0.0963 e. The number of hydrogen-bond donors (Lipinski definition) is 2. The zero-order valence-corrected chi connectivity index (χ0v) is 10.7. The van der Waals surface area contributed by atoms with Crippen LogP contribution in [0.1, 0.15) is 26.7 Å². The first-order chi connectivity index (χ1) is 7.52. The molecule has 3 N–H and O–H groups in total. The van der Waals surface area contributed by atoms with Gasteiger partial charge < -0.3 is 5.73 Å². The first kappa shape index (κ1) is 13.0. The highest BCUT2D eigenvalue weighted by Gasteiger charge is 2.20. The number of amidine groups is 1. The summed E-state index contributed by atoms with van der Waals surface area (Å²) < 4.78 is 0. The van der Waals surface area contributed by atoms with Crippen LogP contribution in [0.25, 0.3) is 0 Å². The molecule has 0 saturated carbocycles. The monoisotopic (exact) mass is 237 g/mol. The van der Waals surface area contributed by atoms with Gasteiger partial charge in [0.2, 0.25) is 0 Å². The summed E-state index contributed by atoms with van der Waals surface area (Å²) in [5.74, 6) is 1.30. The number of thioether (sulfide) groups is 1. The molecule has 0 radical (unpaired) electrons. The van der Waals surface area contributed by atoms with Crippen molar-refractivity contribution in [3.8, 4) is 0 Å². The van der Waals surface area contributed by atoms with Crippen molar-refractivity contribution in [2.24, 2.45) is 11.1 Å². The number of nitrogens with two attached hydrogens (primary N) is 1. The number of hydrogen-bond acceptors (Lipinski definition) is 3. The fourth-order valence-electron chi connectivity index (χ4n) is 1.26. The molecule has 3 nitrogen and oxygen atoms in total. The van der Waals surface area contributed by atoms with E-state index < -0.39 is 0 Å². The Labute approximate surface area is 101 Å². The Morgan fingerprint density at radius 3 is 2.81 bits per heavy atom. The summed E-state index contributed by atoms with van der Waals surface area (Å²) in [5.41, 5.74) is 5.35. The summed E-state index contributed by atoms with van der Waals surface area (Å²) in [7, 11) is 0. The molecule has 0 saturated heterocycles. The number of nitrogens with zero attached hydrogens (tertiary/aromatic N) is 1. The summed E-state index contributed by atoms with van der Waals surface area (Å²) in [6.07, 6.45) is 3.80. The van der Waals surface area contributed by atoms with E-state index in [0.717, 1.165) is 23.6 Å². The Hall–Kier alpha value is -1.03. The van der Waals surface area contributed by atoms with Crippen LogP contribution in [0.3, 0.4) is 0 Å². The Morgan fingerprint density at radius 1 is 1.50 bits per heavy atom. The average molecular weight is 237 g/mol. The van der Waals surface area contributed by atoms with Crippen LogP contribution in [0.2, 0.25) is 0 Å². The van der Waals surface area contributed by atoms with Gasteiger partial charge >= 0.3 is 0 Å². The molecule has 1 aromatic heterocycles. The largest absolute Gasteiger partial charge is 0.387 e. The molecule has 1 heterocycles. The van der Waals surface area contributed by atoms with E-state index in [0.29, 0.717) is 0 Å². The lowest BCUT2D eigenvalue weighted by Crippen LogP contribution is -2.30. The average Bonchev–Trinajstić information content (AvgIpc) is 2.26. The van der Waals surface area contributed by atoms with Crippen LogP contribution in [0, 0.1) is 10.8 Å². The van der Waals surface area contributed by atoms with Gasteiger partial charge in [-0.25, -0.2) is 4.98 Å². The molecule has 0 bridgehead atoms. The van der Waals surface area contributed by atoms with Gasteiger partial charge in [-0.2, -0.15) is 0 Å². The van der Waals surface area contributed by atoms with Gasteiger partial charge in [-0.15, -0.1) is 11.8 Å². The molecule has 0 amide bonds. The molecular weight excluding hydrogens is 218 g/mol. The van der Waals surface area contributed by atoms with Gasteiger partial charge in [0.15, 0.2) is 0 Å². The second-order valence-corrected chi connectivity index (χ2v) is 5.53. The molecule has 0 aliphatic heterocycles. The van der Waals surface area contributed by atoms with Crippen molar-refractivity contribution in [3.63, 3.8) is 0 Å². The van der Waals surface area contributed by atoms with E-state index in [1.165, 1.54) is 0 Å². The minimum atomic E-state index is -0.176. The van der Waals surface area contributed by atoms with Crippen LogP contribution in [0.15, 0.2) is 29.4 Å². The van der Waals surface area contributed by atoms with Gasteiger partial charge in [-0.05, 0) is 30.7 Å². The van der Waals surface area contributed by atoms with E-state index in [1.807, 2.05) is 38.2 Å². The quantitative estimate of drug-likeness (QED) is 0.346. The molecule has 0 atom stereocenters. The van der Waals surface area contributed by atoms with Gasteiger partial charge in [0.1, 0.15) is 0 Å². The summed E-state index contributed by atoms with van der Waals surface area (Å²) in [4.78, 5) is 4.24. The van der Waals surface area contributed by atoms with E-state index in [2.05, 4.69) is 4.98 Å². The molecular formula is C12H19N3S. The first-order valence-corrected chi connectivity index (χ1v) is 6.39. The van der Waals surface area contributed by atoms with Crippen LogP contribution < -0.4 is 5.73 Å². The standard InChI is InChI=1S/C12H19N3S/c1-12(2,11(13)14)7-5-9-16-10-6-3-4-8-15-10/h3-4,6,8H,5,7,9H2,1-2H3,(H3,13,14). The van der Waals surface area contributed by atoms with E-state index in [1.54, 1.807) is 11.8 Å². The fourth-order valence-corrected chi connectivity index (χ4v) is 2.07. The van der Waals surface area contributed by atoms with Crippen molar-refractivity contribution in [1.29, 1.82) is 5.41 Å². The van der Waals surface area contributed by atoms with Gasteiger partial charge in [0, 0.05) is 11.6 Å². The van der Waals surface area contributed by atoms with Crippen LogP contribution in [0.4, 0.5) is 0 Å². The van der Waals surface area contributed by atoms with Crippen molar-refractivity contribution in [2.75, 3.05) is 5.75 Å². The summed E-state index contributed by atoms with van der Waals surface area (Å²) >= 11 is 1.75. The molecule has 1 rings (SSSR count). The highest BCUT2D eigenvalue weighted by Crippen LogP contribution is 2.24. The van der Waals surface area contributed by atoms with E-state index in [4.69, 9.17) is 11.1 Å². The molecule has 0 fully saturated rings. The van der Waals surface area contributed by atoms with Crippen molar-refractivity contribution >= 4 is 17.6 Å². The molecule has 0 aliphatic rings. The van der Waals surface area contributed by atoms with Gasteiger partial charge in [-0.1, -0.05) is 19.9 Å². The van der Waals surface area contributed by atoms with Crippen molar-refractivity contribution in [2.45, 2.75) is 31.7 Å². The van der Waals surface area contributed by atoms with Crippen molar-refractivity contribution in [1.82, 2.24) is 4.98 Å². The molecule has 0 aliphatic carbocycles. The van der Waals surface area contributed by atoms with Crippen molar-refractivity contribution in [3.05, 3.63) is 24.4 Å². The Kier molecular flexibility index (Phi) is 4.80. The van der Waals surface area contributed by atoms with Gasteiger partial charge in [0.25, 0.3) is 0 Å². The topological polar surface area (TPSA) is 62.8 Å². The second kappa shape index (κ2) is 5.89. The minimum Gasteiger partial charge on any atom is -0.387 e. The van der Waals surface area contributed by atoms with E-state index in [-0.39, 0.29) is 11.3 Å². The maximum absolute atomic E-state index is 7.46. The molecule has 4 heteroatoms. The lowest BCUT2D eigenvalue weighted by molar-refractivity contribution is 0.464. The van der Waals surface area contributed by atoms with Crippen LogP contribution in [-0.4, -0.2) is 16.6 Å². The van der Waals surface area contributed by atoms with Crippen LogP contribution in [0.5, 0.6) is 0 Å². The van der Waals surface area contributed by atoms with E-state index >= 15 is 0 Å². The summed E-state index contributed by atoms with van der Waals surface area (Å²) in [6.45, 7) is 4.03. The molecule has 16 heavy (non-hydrogen) atoms. The zero-order chi connectivity index (χ0) is 12.0. The van der Waals surface area contributed by atoms with Crippen LogP contribution >= 0.6 is 11.8 Å². The minimum absolute atomic E-state index is 0.176. The molecule has 0 spiro atoms. The highest BCUT2D eigenvalue weighted by molar-refractivity contribution is 7.99. The Morgan fingerprint density at radius 2 is 2.25 bits per heavy atom. The lowest BCUT2D eigenvalue weighted by Gasteiger charge is -2.22. The molecule has 0 unspecified atom stereocenters. The van der Waals surface area contributed by atoms with E-state index in [9.17, 15) is 0 Å². The predicted molar refractivity (Wildman–Crippen MR) is 69.9 cm³/mol. The SMILES string of the molecule is CC(C)(CCCSc1ccccn1)C(=N)N. The highest BCUT2D eigenvalue weighted by atomic mass is 32.2. The Balaban J connectivity index is 2.25. The fraction of sp³-hybridized carbons (Fsp3) is 0.500. The van der Waals surface area contributed by atoms with Crippen LogP contribution in [-0.2, 0) is 0 Å². The third-order valence-electron chi connectivity index (χ3n) is 2.56. The third-order valence-corrected chi connectivity index (χ3v) is 3.59. The number of rotatable bonds is 6.